The number of benzene rings is 1. The number of nitrogen functional groups attached to an aromatic ring is 1. The van der Waals surface area contributed by atoms with Crippen molar-refractivity contribution < 1.29 is 0 Å². The highest BCUT2D eigenvalue weighted by molar-refractivity contribution is 5.75. The highest BCUT2D eigenvalue weighted by Gasteiger charge is 2.04. The summed E-state index contributed by atoms with van der Waals surface area (Å²) in [4.78, 5) is 12.8. The molecule has 0 aliphatic carbocycles. The monoisotopic (exact) mass is 277 g/mol. The van der Waals surface area contributed by atoms with Gasteiger partial charge in [0.25, 0.3) is 0 Å². The van der Waals surface area contributed by atoms with Crippen LogP contribution in [-0.4, -0.2) is 15.0 Å². The second-order valence-corrected chi connectivity index (χ2v) is 4.70. The Bertz CT molecular complexity index is 735. The van der Waals surface area contributed by atoms with Crippen molar-refractivity contribution >= 4 is 17.3 Å². The molecule has 2 aromatic heterocycles. The van der Waals surface area contributed by atoms with Gasteiger partial charge in [-0.1, -0.05) is 18.2 Å². The normalized spacial score (nSPS) is 10.3. The summed E-state index contributed by atoms with van der Waals surface area (Å²) in [6, 6.07) is 11.5. The van der Waals surface area contributed by atoms with Gasteiger partial charge in [0, 0.05) is 34.9 Å². The van der Waals surface area contributed by atoms with Gasteiger partial charge in [-0.2, -0.15) is 0 Å². The average molecular weight is 277 g/mol. The predicted octanol–water partition coefficient (Wildman–Crippen LogP) is 3.17. The fourth-order valence-electron chi connectivity index (χ4n) is 1.96. The lowest BCUT2D eigenvalue weighted by molar-refractivity contribution is 1.15. The van der Waals surface area contributed by atoms with Crippen molar-refractivity contribution in [2.45, 2.75) is 6.92 Å². The van der Waals surface area contributed by atoms with Crippen LogP contribution in [0.15, 0.2) is 55.0 Å². The molecule has 0 saturated heterocycles. The van der Waals surface area contributed by atoms with Gasteiger partial charge in [-0.15, -0.1) is 0 Å². The summed E-state index contributed by atoms with van der Waals surface area (Å²) in [5.74, 6) is 0.527. The van der Waals surface area contributed by atoms with Crippen molar-refractivity contribution in [3.63, 3.8) is 0 Å². The molecule has 0 aliphatic heterocycles. The smallest absolute Gasteiger partial charge is 0.227 e. The Kier molecular flexibility index (Phi) is 3.47. The standard InChI is InChI=1S/C16H15N5/c1-11-6-7-13(10-18-11)21-16-19-8-12(9-20-16)14-4-2-3-5-15(14)17/h2-10H,17H2,1H3,(H,19,20,21). The minimum Gasteiger partial charge on any atom is -0.398 e. The maximum Gasteiger partial charge on any atom is 0.227 e. The lowest BCUT2D eigenvalue weighted by Crippen LogP contribution is -1.98. The molecule has 0 saturated carbocycles. The molecule has 0 unspecified atom stereocenters. The maximum absolute atomic E-state index is 5.95. The molecule has 5 heteroatoms. The topological polar surface area (TPSA) is 76.7 Å². The number of hydrogen-bond donors (Lipinski definition) is 2. The number of hydrogen-bond acceptors (Lipinski definition) is 5. The van der Waals surface area contributed by atoms with Gasteiger partial charge in [0.15, 0.2) is 0 Å². The van der Waals surface area contributed by atoms with Crippen molar-refractivity contribution in [3.05, 3.63) is 60.7 Å². The molecule has 3 aromatic rings. The van der Waals surface area contributed by atoms with Crippen LogP contribution in [0, 0.1) is 6.92 Å². The van der Waals surface area contributed by atoms with Crippen LogP contribution in [0.4, 0.5) is 17.3 Å². The molecule has 5 nitrogen and oxygen atoms in total. The van der Waals surface area contributed by atoms with Crippen molar-refractivity contribution in [1.82, 2.24) is 15.0 Å². The predicted molar refractivity (Wildman–Crippen MR) is 84.1 cm³/mol. The van der Waals surface area contributed by atoms with E-state index in [1.807, 2.05) is 43.3 Å². The summed E-state index contributed by atoms with van der Waals surface area (Å²) in [6.07, 6.45) is 5.26. The highest BCUT2D eigenvalue weighted by atomic mass is 15.1. The van der Waals surface area contributed by atoms with Crippen LogP contribution in [0.2, 0.25) is 0 Å². The van der Waals surface area contributed by atoms with Crippen molar-refractivity contribution in [3.8, 4) is 11.1 Å². The number of pyridine rings is 1. The second kappa shape index (κ2) is 5.58. The summed E-state index contributed by atoms with van der Waals surface area (Å²) < 4.78 is 0. The van der Waals surface area contributed by atoms with E-state index < -0.39 is 0 Å². The van der Waals surface area contributed by atoms with Gasteiger partial charge in [-0.05, 0) is 25.1 Å². The molecule has 21 heavy (non-hydrogen) atoms. The molecule has 0 spiro atoms. The van der Waals surface area contributed by atoms with E-state index in [2.05, 4.69) is 20.3 Å². The van der Waals surface area contributed by atoms with Crippen molar-refractivity contribution in [2.24, 2.45) is 0 Å². The average Bonchev–Trinajstić information content (AvgIpc) is 2.51. The van der Waals surface area contributed by atoms with Crippen LogP contribution in [0.1, 0.15) is 5.69 Å². The fraction of sp³-hybridized carbons (Fsp3) is 0.0625. The number of nitrogens with one attached hydrogen (secondary N) is 1. The zero-order chi connectivity index (χ0) is 14.7. The molecule has 0 bridgehead atoms. The molecule has 0 aliphatic rings. The van der Waals surface area contributed by atoms with E-state index in [4.69, 9.17) is 5.73 Å². The lowest BCUT2D eigenvalue weighted by Gasteiger charge is -2.07. The largest absolute Gasteiger partial charge is 0.398 e. The third-order valence-corrected chi connectivity index (χ3v) is 3.09. The van der Waals surface area contributed by atoms with E-state index in [-0.39, 0.29) is 0 Å². The van der Waals surface area contributed by atoms with Gasteiger partial charge in [-0.3, -0.25) is 4.98 Å². The first-order chi connectivity index (χ1) is 10.2. The van der Waals surface area contributed by atoms with Crippen LogP contribution in [0.3, 0.4) is 0 Å². The third kappa shape index (κ3) is 2.97. The van der Waals surface area contributed by atoms with Gasteiger partial charge in [-0.25, -0.2) is 9.97 Å². The van der Waals surface area contributed by atoms with Crippen LogP contribution >= 0.6 is 0 Å². The zero-order valence-electron chi connectivity index (χ0n) is 11.6. The number of rotatable bonds is 3. The van der Waals surface area contributed by atoms with E-state index in [0.717, 1.165) is 22.5 Å². The molecule has 0 amide bonds. The van der Waals surface area contributed by atoms with Gasteiger partial charge in [0.2, 0.25) is 5.95 Å². The van der Waals surface area contributed by atoms with Crippen LogP contribution in [-0.2, 0) is 0 Å². The molecular formula is C16H15N5. The molecule has 2 heterocycles. The quantitative estimate of drug-likeness (QED) is 0.719. The van der Waals surface area contributed by atoms with Gasteiger partial charge >= 0.3 is 0 Å². The van der Waals surface area contributed by atoms with E-state index in [9.17, 15) is 0 Å². The molecular weight excluding hydrogens is 262 g/mol. The summed E-state index contributed by atoms with van der Waals surface area (Å²) in [6.45, 7) is 1.94. The van der Waals surface area contributed by atoms with Crippen LogP contribution < -0.4 is 11.1 Å². The molecule has 1 aromatic carbocycles. The molecule has 3 rings (SSSR count). The van der Waals surface area contributed by atoms with Crippen molar-refractivity contribution in [1.29, 1.82) is 0 Å². The summed E-state index contributed by atoms with van der Waals surface area (Å²) in [5, 5.41) is 3.11. The minimum absolute atomic E-state index is 0.527. The fourth-order valence-corrected chi connectivity index (χ4v) is 1.96. The molecule has 0 atom stereocenters. The first kappa shape index (κ1) is 13.1. The number of aromatic nitrogens is 3. The Balaban J connectivity index is 1.81. The van der Waals surface area contributed by atoms with Crippen molar-refractivity contribution in [2.75, 3.05) is 11.1 Å². The Hall–Kier alpha value is -2.95. The minimum atomic E-state index is 0.527. The number of aryl methyl sites for hydroxylation is 1. The number of para-hydroxylation sites is 1. The Morgan fingerprint density at radius 3 is 2.33 bits per heavy atom. The molecule has 104 valence electrons. The highest BCUT2D eigenvalue weighted by Crippen LogP contribution is 2.24. The van der Waals surface area contributed by atoms with E-state index in [1.54, 1.807) is 18.6 Å². The van der Waals surface area contributed by atoms with E-state index in [1.165, 1.54) is 0 Å². The second-order valence-electron chi connectivity index (χ2n) is 4.70. The van der Waals surface area contributed by atoms with Crippen LogP contribution in [0.25, 0.3) is 11.1 Å². The van der Waals surface area contributed by atoms with Gasteiger partial charge < -0.3 is 11.1 Å². The van der Waals surface area contributed by atoms with Gasteiger partial charge in [0.1, 0.15) is 0 Å². The zero-order valence-corrected chi connectivity index (χ0v) is 11.6. The Morgan fingerprint density at radius 2 is 1.67 bits per heavy atom. The van der Waals surface area contributed by atoms with Gasteiger partial charge in [0.05, 0.1) is 11.9 Å². The third-order valence-electron chi connectivity index (χ3n) is 3.09. The Morgan fingerprint density at radius 1 is 0.905 bits per heavy atom. The summed E-state index contributed by atoms with van der Waals surface area (Å²) >= 11 is 0. The molecule has 0 fully saturated rings. The lowest BCUT2D eigenvalue weighted by atomic mass is 10.1. The molecule has 3 N–H and O–H groups in total. The van der Waals surface area contributed by atoms with E-state index >= 15 is 0 Å². The van der Waals surface area contributed by atoms with E-state index in [0.29, 0.717) is 11.6 Å². The number of nitrogens with zero attached hydrogens (tertiary/aromatic N) is 3. The summed E-state index contributed by atoms with van der Waals surface area (Å²) in [5.41, 5.74) is 10.3. The first-order valence-corrected chi connectivity index (χ1v) is 6.59. The SMILES string of the molecule is Cc1ccc(Nc2ncc(-c3ccccc3N)cn2)cn1. The van der Waals surface area contributed by atoms with Crippen LogP contribution in [0.5, 0.6) is 0 Å². The summed E-state index contributed by atoms with van der Waals surface area (Å²) in [7, 11) is 0. The molecule has 0 radical (unpaired) electrons. The maximum atomic E-state index is 5.95. The Labute approximate surface area is 122 Å². The number of anilines is 3. The first-order valence-electron chi connectivity index (χ1n) is 6.59. The number of nitrogens with two attached hydrogens (primary N) is 1.